The highest BCUT2D eigenvalue weighted by Crippen LogP contribution is 2.32. The topological polar surface area (TPSA) is 105 Å². The molecule has 0 radical (unpaired) electrons. The average molecular weight is 648 g/mol. The minimum atomic E-state index is -4.34. The standard InChI is InChI=1S/C35H38FN3O6S/c1-4-21-37-35(41)31(22-26-11-7-5-8-12-26)38(24-27-15-17-28(36)18-16-27)34(40)25-39(29-13-9-6-10-14-29)46(42,43)30-19-20-32(44-2)33(23-30)45-3/h5-20,23,31H,4,21-22,24-25H2,1-3H3,(H,37,41)/t31-/m1/s1. The zero-order valence-electron chi connectivity index (χ0n) is 26.1. The summed E-state index contributed by atoms with van der Waals surface area (Å²) in [4.78, 5) is 29.4. The van der Waals surface area contributed by atoms with E-state index in [0.29, 0.717) is 24.3 Å². The van der Waals surface area contributed by atoms with Gasteiger partial charge < -0.3 is 19.7 Å². The molecule has 2 amide bonds. The molecule has 9 nitrogen and oxygen atoms in total. The molecule has 0 saturated heterocycles. The Kier molecular flexibility index (Phi) is 11.7. The lowest BCUT2D eigenvalue weighted by Gasteiger charge is -2.34. The molecular weight excluding hydrogens is 609 g/mol. The largest absolute Gasteiger partial charge is 0.493 e. The van der Waals surface area contributed by atoms with Crippen LogP contribution in [0, 0.1) is 5.82 Å². The van der Waals surface area contributed by atoms with E-state index in [9.17, 15) is 22.4 Å². The number of methoxy groups -OCH3 is 2. The average Bonchev–Trinajstić information content (AvgIpc) is 3.08. The fraction of sp³-hybridized carbons (Fsp3) is 0.257. The van der Waals surface area contributed by atoms with E-state index in [-0.39, 0.29) is 35.2 Å². The van der Waals surface area contributed by atoms with Crippen LogP contribution in [0.25, 0.3) is 0 Å². The molecule has 11 heteroatoms. The number of sulfonamides is 1. The van der Waals surface area contributed by atoms with Crippen molar-refractivity contribution in [3.63, 3.8) is 0 Å². The highest BCUT2D eigenvalue weighted by molar-refractivity contribution is 7.92. The number of hydrogen-bond donors (Lipinski definition) is 1. The van der Waals surface area contributed by atoms with Crippen LogP contribution in [-0.4, -0.2) is 58.5 Å². The van der Waals surface area contributed by atoms with Gasteiger partial charge >= 0.3 is 0 Å². The van der Waals surface area contributed by atoms with Gasteiger partial charge in [0, 0.05) is 25.6 Å². The van der Waals surface area contributed by atoms with Gasteiger partial charge in [0.15, 0.2) is 11.5 Å². The fourth-order valence-electron chi connectivity index (χ4n) is 4.93. The van der Waals surface area contributed by atoms with Crippen LogP contribution in [0.2, 0.25) is 0 Å². The third-order valence-electron chi connectivity index (χ3n) is 7.35. The Morgan fingerprint density at radius 3 is 2.07 bits per heavy atom. The first-order valence-electron chi connectivity index (χ1n) is 14.8. The molecule has 0 bridgehead atoms. The summed E-state index contributed by atoms with van der Waals surface area (Å²) in [5, 5.41) is 2.90. The van der Waals surface area contributed by atoms with Gasteiger partial charge in [-0.1, -0.05) is 67.6 Å². The molecule has 4 aromatic carbocycles. The predicted molar refractivity (Wildman–Crippen MR) is 175 cm³/mol. The summed E-state index contributed by atoms with van der Waals surface area (Å²) in [6.07, 6.45) is 0.859. The molecule has 0 aliphatic heterocycles. The molecule has 0 aromatic heterocycles. The van der Waals surface area contributed by atoms with Gasteiger partial charge in [0.05, 0.1) is 24.8 Å². The Morgan fingerprint density at radius 1 is 0.826 bits per heavy atom. The van der Waals surface area contributed by atoms with Crippen molar-refractivity contribution in [1.29, 1.82) is 0 Å². The number of halogens is 1. The second kappa shape index (κ2) is 15.9. The van der Waals surface area contributed by atoms with Crippen LogP contribution in [0.5, 0.6) is 11.5 Å². The van der Waals surface area contributed by atoms with Crippen molar-refractivity contribution in [2.24, 2.45) is 0 Å². The van der Waals surface area contributed by atoms with Crippen molar-refractivity contribution in [2.45, 2.75) is 37.2 Å². The predicted octanol–water partition coefficient (Wildman–Crippen LogP) is 5.20. The minimum Gasteiger partial charge on any atom is -0.493 e. The lowest BCUT2D eigenvalue weighted by molar-refractivity contribution is -0.140. The normalized spacial score (nSPS) is 11.7. The first-order chi connectivity index (χ1) is 22.2. The Morgan fingerprint density at radius 2 is 1.46 bits per heavy atom. The molecule has 1 atom stereocenters. The maximum Gasteiger partial charge on any atom is 0.264 e. The molecule has 0 aliphatic carbocycles. The molecule has 1 N–H and O–H groups in total. The van der Waals surface area contributed by atoms with Crippen LogP contribution in [0.15, 0.2) is 108 Å². The van der Waals surface area contributed by atoms with Crippen LogP contribution in [0.3, 0.4) is 0 Å². The van der Waals surface area contributed by atoms with Gasteiger partial charge in [-0.25, -0.2) is 12.8 Å². The second-order valence-corrected chi connectivity index (χ2v) is 12.4. The molecule has 4 rings (SSSR count). The second-order valence-electron chi connectivity index (χ2n) is 10.5. The molecule has 0 saturated carbocycles. The number of anilines is 1. The van der Waals surface area contributed by atoms with Crippen molar-refractivity contribution >= 4 is 27.5 Å². The van der Waals surface area contributed by atoms with Crippen molar-refractivity contribution in [3.05, 3.63) is 120 Å². The summed E-state index contributed by atoms with van der Waals surface area (Å²) in [7, 11) is -1.49. The lowest BCUT2D eigenvalue weighted by Crippen LogP contribution is -2.53. The number of amides is 2. The molecule has 0 aliphatic rings. The molecule has 0 heterocycles. The van der Waals surface area contributed by atoms with E-state index >= 15 is 0 Å². The van der Waals surface area contributed by atoms with E-state index in [1.54, 1.807) is 30.3 Å². The molecule has 4 aromatic rings. The SMILES string of the molecule is CCCNC(=O)[C@@H](Cc1ccccc1)N(Cc1ccc(F)cc1)C(=O)CN(c1ccccc1)S(=O)(=O)c1ccc(OC)c(OC)c1. The lowest BCUT2D eigenvalue weighted by atomic mass is 10.0. The number of ether oxygens (including phenoxy) is 2. The van der Waals surface area contributed by atoms with Gasteiger partial charge in [0.2, 0.25) is 11.8 Å². The first kappa shape index (κ1) is 34.0. The summed E-state index contributed by atoms with van der Waals surface area (Å²) in [6.45, 7) is 1.64. The Balaban J connectivity index is 1.79. The minimum absolute atomic E-state index is 0.0603. The smallest absolute Gasteiger partial charge is 0.264 e. The molecule has 0 spiro atoms. The number of nitrogens with one attached hydrogen (secondary N) is 1. The van der Waals surface area contributed by atoms with Gasteiger partial charge in [-0.2, -0.15) is 0 Å². The highest BCUT2D eigenvalue weighted by atomic mass is 32.2. The van der Waals surface area contributed by atoms with Crippen molar-refractivity contribution in [2.75, 3.05) is 31.6 Å². The summed E-state index contributed by atoms with van der Waals surface area (Å²) < 4.78 is 53.9. The number of hydrogen-bond acceptors (Lipinski definition) is 6. The van der Waals surface area contributed by atoms with E-state index in [0.717, 1.165) is 9.87 Å². The number of benzene rings is 4. The van der Waals surface area contributed by atoms with Crippen LogP contribution < -0.4 is 19.1 Å². The van der Waals surface area contributed by atoms with Crippen molar-refractivity contribution in [1.82, 2.24) is 10.2 Å². The maximum absolute atomic E-state index is 14.4. The summed E-state index contributed by atoms with van der Waals surface area (Å²) >= 11 is 0. The van der Waals surface area contributed by atoms with Crippen molar-refractivity contribution < 1.29 is 31.9 Å². The van der Waals surface area contributed by atoms with Crippen LogP contribution in [0.4, 0.5) is 10.1 Å². The quantitative estimate of drug-likeness (QED) is 0.190. The van der Waals surface area contributed by atoms with Crippen LogP contribution >= 0.6 is 0 Å². The monoisotopic (exact) mass is 647 g/mol. The van der Waals surface area contributed by atoms with Gasteiger partial charge in [-0.05, 0) is 53.9 Å². The van der Waals surface area contributed by atoms with Gasteiger partial charge in [-0.15, -0.1) is 0 Å². The van der Waals surface area contributed by atoms with Gasteiger partial charge in [-0.3, -0.25) is 13.9 Å². The third kappa shape index (κ3) is 8.42. The Bertz CT molecular complexity index is 1700. The first-order valence-corrected chi connectivity index (χ1v) is 16.3. The Hall–Kier alpha value is -4.90. The van der Waals surface area contributed by atoms with Crippen molar-refractivity contribution in [3.8, 4) is 11.5 Å². The molecule has 46 heavy (non-hydrogen) atoms. The molecule has 0 fully saturated rings. The van der Waals surface area contributed by atoms with E-state index in [4.69, 9.17) is 9.47 Å². The number of carbonyl (C=O) groups is 2. The third-order valence-corrected chi connectivity index (χ3v) is 9.12. The van der Waals surface area contributed by atoms with Crippen LogP contribution in [-0.2, 0) is 32.6 Å². The van der Waals surface area contributed by atoms with Gasteiger partial charge in [0.25, 0.3) is 10.0 Å². The maximum atomic E-state index is 14.4. The summed E-state index contributed by atoms with van der Waals surface area (Å²) in [6, 6.07) is 26.3. The number of carbonyl (C=O) groups excluding carboxylic acids is 2. The van der Waals surface area contributed by atoms with E-state index in [1.807, 2.05) is 37.3 Å². The van der Waals surface area contributed by atoms with E-state index in [2.05, 4.69) is 5.32 Å². The molecule has 242 valence electrons. The van der Waals surface area contributed by atoms with Gasteiger partial charge in [0.1, 0.15) is 18.4 Å². The summed E-state index contributed by atoms with van der Waals surface area (Å²) in [5.41, 5.74) is 1.64. The molecular formula is C35H38FN3O6S. The highest BCUT2D eigenvalue weighted by Gasteiger charge is 2.35. The van der Waals surface area contributed by atoms with E-state index in [1.165, 1.54) is 61.6 Å². The fourth-order valence-corrected chi connectivity index (χ4v) is 6.36. The zero-order valence-corrected chi connectivity index (χ0v) is 26.9. The number of nitrogens with zero attached hydrogens (tertiary/aromatic N) is 2. The number of para-hydroxylation sites is 1. The number of rotatable bonds is 15. The Labute approximate surface area is 269 Å². The van der Waals surface area contributed by atoms with Crippen LogP contribution in [0.1, 0.15) is 24.5 Å². The summed E-state index contributed by atoms with van der Waals surface area (Å²) in [5.74, 6) is -0.896. The zero-order chi connectivity index (χ0) is 33.1. The van der Waals surface area contributed by atoms with E-state index < -0.39 is 34.3 Å². The molecule has 0 unspecified atom stereocenters.